The molecule has 0 fully saturated rings. The zero-order chi connectivity index (χ0) is 6.08. The lowest BCUT2D eigenvalue weighted by atomic mass is 10.1. The van der Waals surface area contributed by atoms with Crippen LogP contribution in [0.3, 0.4) is 0 Å². The molecule has 0 amide bonds. The molecule has 0 aliphatic rings. The van der Waals surface area contributed by atoms with Gasteiger partial charge in [0.2, 0.25) is 0 Å². The van der Waals surface area contributed by atoms with Gasteiger partial charge in [0, 0.05) is 0 Å². The Morgan fingerprint density at radius 3 is 1.71 bits per heavy atom. The SMILES string of the molecule is CC(C)C(C)(N)I. The molecule has 2 N–H and O–H groups in total. The number of nitrogens with two attached hydrogens (primary N) is 1. The molecule has 0 aromatic heterocycles. The van der Waals surface area contributed by atoms with Crippen LogP contribution in [0.15, 0.2) is 0 Å². The van der Waals surface area contributed by atoms with Crippen LogP contribution in [-0.2, 0) is 0 Å². The van der Waals surface area contributed by atoms with Gasteiger partial charge in [0.1, 0.15) is 0 Å². The summed E-state index contributed by atoms with van der Waals surface area (Å²) in [6.45, 7) is 6.26. The quantitative estimate of drug-likeness (QED) is 0.400. The van der Waals surface area contributed by atoms with Gasteiger partial charge in [0.15, 0.2) is 0 Å². The number of hydrogen-bond acceptors (Lipinski definition) is 1. The molecule has 0 bridgehead atoms. The predicted octanol–water partition coefficient (Wildman–Crippen LogP) is 1.75. The fourth-order valence-corrected chi connectivity index (χ4v) is 0. The highest BCUT2D eigenvalue weighted by Gasteiger charge is 2.16. The molecule has 0 aliphatic carbocycles. The average molecular weight is 213 g/mol. The molecule has 0 aliphatic heterocycles. The second kappa shape index (κ2) is 2.31. The van der Waals surface area contributed by atoms with E-state index in [1.165, 1.54) is 0 Å². The molecule has 0 aromatic carbocycles. The van der Waals surface area contributed by atoms with Crippen molar-refractivity contribution in [3.05, 3.63) is 0 Å². The van der Waals surface area contributed by atoms with Crippen molar-refractivity contribution >= 4 is 22.6 Å². The third-order valence-corrected chi connectivity index (χ3v) is 2.37. The first-order valence-electron chi connectivity index (χ1n) is 2.42. The van der Waals surface area contributed by atoms with E-state index >= 15 is 0 Å². The molecule has 0 aromatic rings. The van der Waals surface area contributed by atoms with Crippen LogP contribution in [0.4, 0.5) is 0 Å². The predicted molar refractivity (Wildman–Crippen MR) is 41.5 cm³/mol. The van der Waals surface area contributed by atoms with E-state index in [0.29, 0.717) is 5.92 Å². The topological polar surface area (TPSA) is 26.0 Å². The lowest BCUT2D eigenvalue weighted by Crippen LogP contribution is -2.33. The minimum Gasteiger partial charge on any atom is -0.317 e. The van der Waals surface area contributed by atoms with Crippen LogP contribution in [0.5, 0.6) is 0 Å². The van der Waals surface area contributed by atoms with Gasteiger partial charge in [-0.1, -0.05) is 36.4 Å². The first kappa shape index (κ1) is 7.69. The second-order valence-corrected chi connectivity index (χ2v) is 4.63. The summed E-state index contributed by atoms with van der Waals surface area (Å²) in [5.41, 5.74) is 5.66. The van der Waals surface area contributed by atoms with Crippen molar-refractivity contribution in [3.8, 4) is 0 Å². The van der Waals surface area contributed by atoms with Crippen LogP contribution in [0.1, 0.15) is 20.8 Å². The third-order valence-electron chi connectivity index (χ3n) is 1.13. The number of hydrogen-bond donors (Lipinski definition) is 1. The first-order valence-corrected chi connectivity index (χ1v) is 3.50. The van der Waals surface area contributed by atoms with Gasteiger partial charge in [-0.25, -0.2) is 0 Å². The van der Waals surface area contributed by atoms with Crippen LogP contribution in [-0.4, -0.2) is 3.55 Å². The van der Waals surface area contributed by atoms with Gasteiger partial charge in [-0.3, -0.25) is 0 Å². The highest BCUT2D eigenvalue weighted by atomic mass is 127. The molecule has 0 rings (SSSR count). The average Bonchev–Trinajstić information content (AvgIpc) is 1.31. The monoisotopic (exact) mass is 213 g/mol. The largest absolute Gasteiger partial charge is 0.317 e. The van der Waals surface area contributed by atoms with Crippen LogP contribution >= 0.6 is 22.6 Å². The highest BCUT2D eigenvalue weighted by Crippen LogP contribution is 2.19. The maximum absolute atomic E-state index is 5.66. The summed E-state index contributed by atoms with van der Waals surface area (Å²) in [5, 5.41) is 0. The maximum atomic E-state index is 5.66. The Morgan fingerprint density at radius 2 is 1.71 bits per heavy atom. The smallest absolute Gasteiger partial charge is 0.0675 e. The summed E-state index contributed by atoms with van der Waals surface area (Å²) < 4.78 is -0.0300. The minimum absolute atomic E-state index is 0.0300. The summed E-state index contributed by atoms with van der Waals surface area (Å²) >= 11 is 2.24. The summed E-state index contributed by atoms with van der Waals surface area (Å²) in [4.78, 5) is 0. The van der Waals surface area contributed by atoms with Crippen LogP contribution in [0.2, 0.25) is 0 Å². The molecule has 0 spiro atoms. The third kappa shape index (κ3) is 3.29. The van der Waals surface area contributed by atoms with Gasteiger partial charge in [0.25, 0.3) is 0 Å². The van der Waals surface area contributed by atoms with Crippen molar-refractivity contribution in [2.24, 2.45) is 11.7 Å². The number of rotatable bonds is 1. The summed E-state index contributed by atoms with van der Waals surface area (Å²) in [7, 11) is 0. The van der Waals surface area contributed by atoms with Crippen LogP contribution in [0, 0.1) is 5.92 Å². The van der Waals surface area contributed by atoms with Crippen molar-refractivity contribution in [1.82, 2.24) is 0 Å². The van der Waals surface area contributed by atoms with Crippen LogP contribution in [0.25, 0.3) is 0 Å². The fraction of sp³-hybridized carbons (Fsp3) is 1.00. The van der Waals surface area contributed by atoms with E-state index in [4.69, 9.17) is 5.73 Å². The van der Waals surface area contributed by atoms with Crippen molar-refractivity contribution in [2.45, 2.75) is 24.3 Å². The van der Waals surface area contributed by atoms with Gasteiger partial charge in [-0.05, 0) is 12.8 Å². The Hall–Kier alpha value is 0.690. The van der Waals surface area contributed by atoms with E-state index in [9.17, 15) is 0 Å². The molecule has 1 nitrogen and oxygen atoms in total. The Labute approximate surface area is 58.8 Å². The number of halogens is 1. The molecule has 1 unspecified atom stereocenters. The maximum Gasteiger partial charge on any atom is 0.0675 e. The first-order chi connectivity index (χ1) is 2.94. The zero-order valence-electron chi connectivity index (χ0n) is 5.03. The Bertz CT molecular complexity index is 53.6. The van der Waals surface area contributed by atoms with Crippen molar-refractivity contribution in [1.29, 1.82) is 0 Å². The molecular weight excluding hydrogens is 201 g/mol. The molecule has 0 heterocycles. The summed E-state index contributed by atoms with van der Waals surface area (Å²) in [6, 6.07) is 0. The second-order valence-electron chi connectivity index (χ2n) is 2.31. The van der Waals surface area contributed by atoms with Gasteiger partial charge in [-0.15, -0.1) is 0 Å². The lowest BCUT2D eigenvalue weighted by Gasteiger charge is -2.20. The molecule has 7 heavy (non-hydrogen) atoms. The minimum atomic E-state index is -0.0300. The summed E-state index contributed by atoms with van der Waals surface area (Å²) in [6.07, 6.45) is 0. The van der Waals surface area contributed by atoms with E-state index in [1.54, 1.807) is 0 Å². The van der Waals surface area contributed by atoms with Crippen molar-refractivity contribution < 1.29 is 0 Å². The molecule has 1 atom stereocenters. The zero-order valence-corrected chi connectivity index (χ0v) is 7.19. The highest BCUT2D eigenvalue weighted by molar-refractivity contribution is 14.1. The van der Waals surface area contributed by atoms with Crippen molar-refractivity contribution in [3.63, 3.8) is 0 Å². The lowest BCUT2D eigenvalue weighted by molar-refractivity contribution is 0.507. The van der Waals surface area contributed by atoms with E-state index in [2.05, 4.69) is 36.4 Å². The molecule has 0 saturated carbocycles. The van der Waals surface area contributed by atoms with E-state index in [1.807, 2.05) is 6.92 Å². The van der Waals surface area contributed by atoms with Gasteiger partial charge >= 0.3 is 0 Å². The number of alkyl halides is 1. The van der Waals surface area contributed by atoms with Crippen LogP contribution < -0.4 is 5.73 Å². The molecule has 0 saturated heterocycles. The molecule has 2 heteroatoms. The molecule has 44 valence electrons. The van der Waals surface area contributed by atoms with Gasteiger partial charge < -0.3 is 5.73 Å². The Kier molecular flexibility index (Phi) is 2.53. The fourth-order valence-electron chi connectivity index (χ4n) is 0. The molecular formula is C5H12IN. The van der Waals surface area contributed by atoms with E-state index in [0.717, 1.165) is 0 Å². The van der Waals surface area contributed by atoms with Gasteiger partial charge in [0.05, 0.1) is 3.55 Å². The Balaban J connectivity index is 3.54. The summed E-state index contributed by atoms with van der Waals surface area (Å²) in [5.74, 6) is 0.563. The van der Waals surface area contributed by atoms with Crippen molar-refractivity contribution in [2.75, 3.05) is 0 Å². The Morgan fingerprint density at radius 1 is 1.57 bits per heavy atom. The molecule has 0 radical (unpaired) electrons. The standard InChI is InChI=1S/C5H12IN/c1-4(2)5(3,6)7/h4H,7H2,1-3H3. The van der Waals surface area contributed by atoms with Gasteiger partial charge in [-0.2, -0.15) is 0 Å². The normalized spacial score (nSPS) is 19.7. The van der Waals surface area contributed by atoms with E-state index < -0.39 is 0 Å². The van der Waals surface area contributed by atoms with E-state index in [-0.39, 0.29) is 3.55 Å².